The lowest BCUT2D eigenvalue weighted by molar-refractivity contribution is 0.171. The predicted octanol–water partition coefficient (Wildman–Crippen LogP) is 3.25. The van der Waals surface area contributed by atoms with Crippen molar-refractivity contribution in [1.82, 2.24) is 10.3 Å². The number of benzene rings is 1. The van der Waals surface area contributed by atoms with Gasteiger partial charge in [0.2, 0.25) is 0 Å². The second kappa shape index (κ2) is 5.81. The fourth-order valence-corrected chi connectivity index (χ4v) is 3.12. The van der Waals surface area contributed by atoms with Gasteiger partial charge in [-0.25, -0.2) is 4.98 Å². The third-order valence-corrected chi connectivity index (χ3v) is 4.17. The lowest BCUT2D eigenvalue weighted by Crippen LogP contribution is -2.17. The van der Waals surface area contributed by atoms with Crippen LogP contribution in [-0.2, 0) is 0 Å². The number of fused-ring (bicyclic) bond motifs is 1. The lowest BCUT2D eigenvalue weighted by atomic mass is 10.2. The zero-order valence-electron chi connectivity index (χ0n) is 11.7. The average molecular weight is 290 g/mol. The van der Waals surface area contributed by atoms with Gasteiger partial charge in [-0.05, 0) is 31.7 Å². The van der Waals surface area contributed by atoms with Crippen LogP contribution in [-0.4, -0.2) is 24.7 Å². The predicted molar refractivity (Wildman–Crippen MR) is 80.6 cm³/mol. The molecule has 1 unspecified atom stereocenters. The molecule has 1 aliphatic rings. The zero-order valence-corrected chi connectivity index (χ0v) is 12.5. The van der Waals surface area contributed by atoms with Crippen molar-refractivity contribution in [2.75, 3.05) is 19.8 Å². The van der Waals surface area contributed by atoms with Crippen LogP contribution in [0.15, 0.2) is 23.6 Å². The molecule has 20 heavy (non-hydrogen) atoms. The Hall–Kier alpha value is -1.59. The Morgan fingerprint density at radius 2 is 2.10 bits per heavy atom. The van der Waals surface area contributed by atoms with Gasteiger partial charge in [-0.15, -0.1) is 11.3 Å². The Morgan fingerprint density at radius 3 is 2.90 bits per heavy atom. The third kappa shape index (κ3) is 2.64. The van der Waals surface area contributed by atoms with Gasteiger partial charge in [-0.3, -0.25) is 0 Å². The molecule has 0 radical (unpaired) electrons. The highest BCUT2D eigenvalue weighted by atomic mass is 32.1. The van der Waals surface area contributed by atoms with Gasteiger partial charge in [0.05, 0.1) is 5.69 Å². The Labute approximate surface area is 122 Å². The summed E-state index contributed by atoms with van der Waals surface area (Å²) < 4.78 is 11.2. The summed E-state index contributed by atoms with van der Waals surface area (Å²) in [7, 11) is 0. The molecule has 2 aromatic rings. The monoisotopic (exact) mass is 290 g/mol. The molecule has 2 heterocycles. The van der Waals surface area contributed by atoms with Crippen LogP contribution in [0.1, 0.15) is 25.6 Å². The summed E-state index contributed by atoms with van der Waals surface area (Å²) in [6.07, 6.45) is 0. The van der Waals surface area contributed by atoms with Crippen molar-refractivity contribution in [1.29, 1.82) is 0 Å². The fourth-order valence-electron chi connectivity index (χ4n) is 2.20. The van der Waals surface area contributed by atoms with E-state index in [0.717, 1.165) is 34.3 Å². The van der Waals surface area contributed by atoms with Crippen molar-refractivity contribution in [3.8, 4) is 22.1 Å². The minimum absolute atomic E-state index is 0.280. The van der Waals surface area contributed by atoms with Gasteiger partial charge < -0.3 is 14.8 Å². The molecular formula is C15H18N2O2S. The Morgan fingerprint density at radius 1 is 1.30 bits per heavy atom. The summed E-state index contributed by atoms with van der Waals surface area (Å²) in [5.74, 6) is 1.63. The number of aromatic nitrogens is 1. The van der Waals surface area contributed by atoms with E-state index < -0.39 is 0 Å². The van der Waals surface area contributed by atoms with Gasteiger partial charge in [0.25, 0.3) is 0 Å². The lowest BCUT2D eigenvalue weighted by Gasteiger charge is -2.18. The zero-order chi connectivity index (χ0) is 13.9. The number of rotatable bonds is 4. The van der Waals surface area contributed by atoms with E-state index in [4.69, 9.17) is 14.5 Å². The molecule has 1 atom stereocenters. The highest BCUT2D eigenvalue weighted by molar-refractivity contribution is 7.13. The van der Waals surface area contributed by atoms with E-state index in [9.17, 15) is 0 Å². The molecule has 0 bridgehead atoms. The summed E-state index contributed by atoms with van der Waals surface area (Å²) in [6, 6.07) is 6.28. The first-order valence-corrected chi connectivity index (χ1v) is 7.74. The largest absolute Gasteiger partial charge is 0.486 e. The molecule has 106 valence electrons. The minimum Gasteiger partial charge on any atom is -0.486 e. The van der Waals surface area contributed by atoms with Crippen LogP contribution in [0.4, 0.5) is 0 Å². The van der Waals surface area contributed by atoms with Crippen molar-refractivity contribution >= 4 is 11.3 Å². The van der Waals surface area contributed by atoms with Crippen LogP contribution in [0.2, 0.25) is 0 Å². The first-order chi connectivity index (χ1) is 9.78. The maximum absolute atomic E-state index is 5.62. The number of nitrogens with one attached hydrogen (secondary N) is 1. The number of hydrogen-bond acceptors (Lipinski definition) is 5. The Bertz CT molecular complexity index is 597. The molecule has 1 aliphatic heterocycles. The number of ether oxygens (including phenoxy) is 2. The molecule has 0 saturated carbocycles. The maximum atomic E-state index is 5.62. The van der Waals surface area contributed by atoms with E-state index in [-0.39, 0.29) is 6.04 Å². The third-order valence-electron chi connectivity index (χ3n) is 3.27. The van der Waals surface area contributed by atoms with Gasteiger partial charge in [0, 0.05) is 17.0 Å². The molecular weight excluding hydrogens is 272 g/mol. The smallest absolute Gasteiger partial charge is 0.162 e. The first-order valence-electron chi connectivity index (χ1n) is 6.86. The molecule has 0 amide bonds. The van der Waals surface area contributed by atoms with Gasteiger partial charge in [-0.2, -0.15) is 0 Å². The van der Waals surface area contributed by atoms with Crippen LogP contribution in [0.25, 0.3) is 10.6 Å². The molecule has 4 nitrogen and oxygen atoms in total. The van der Waals surface area contributed by atoms with E-state index in [0.29, 0.717) is 13.2 Å². The van der Waals surface area contributed by atoms with Crippen LogP contribution in [0, 0.1) is 0 Å². The normalized spacial score (nSPS) is 15.1. The van der Waals surface area contributed by atoms with Crippen molar-refractivity contribution in [2.45, 2.75) is 19.9 Å². The quantitative estimate of drug-likeness (QED) is 0.938. The highest BCUT2D eigenvalue weighted by Gasteiger charge is 2.15. The molecule has 5 heteroatoms. The van der Waals surface area contributed by atoms with Gasteiger partial charge in [-0.1, -0.05) is 6.92 Å². The number of nitrogens with zero attached hydrogens (tertiary/aromatic N) is 1. The van der Waals surface area contributed by atoms with Crippen LogP contribution in [0.5, 0.6) is 11.5 Å². The summed E-state index contributed by atoms with van der Waals surface area (Å²) in [5.41, 5.74) is 2.16. The Balaban J connectivity index is 1.86. The molecule has 1 aromatic heterocycles. The summed E-state index contributed by atoms with van der Waals surface area (Å²) in [6.45, 7) is 6.40. The molecule has 0 saturated heterocycles. The van der Waals surface area contributed by atoms with Gasteiger partial charge >= 0.3 is 0 Å². The SMILES string of the molecule is CCNC(C)c1csc(-c2ccc3c(c2)OCCO3)n1. The topological polar surface area (TPSA) is 43.4 Å². The molecule has 3 rings (SSSR count). The first kappa shape index (κ1) is 13.4. The van der Waals surface area contributed by atoms with Crippen molar-refractivity contribution < 1.29 is 9.47 Å². The van der Waals surface area contributed by atoms with E-state index in [1.807, 2.05) is 18.2 Å². The van der Waals surface area contributed by atoms with Crippen LogP contribution >= 0.6 is 11.3 Å². The number of thiazole rings is 1. The Kier molecular flexibility index (Phi) is 3.89. The number of hydrogen-bond donors (Lipinski definition) is 1. The van der Waals surface area contributed by atoms with Crippen molar-refractivity contribution in [3.63, 3.8) is 0 Å². The van der Waals surface area contributed by atoms with E-state index in [1.54, 1.807) is 11.3 Å². The highest BCUT2D eigenvalue weighted by Crippen LogP contribution is 2.35. The van der Waals surface area contributed by atoms with Gasteiger partial charge in [0.15, 0.2) is 11.5 Å². The second-order valence-electron chi connectivity index (χ2n) is 4.72. The average Bonchev–Trinajstić information content (AvgIpc) is 2.97. The fraction of sp³-hybridized carbons (Fsp3) is 0.400. The van der Waals surface area contributed by atoms with E-state index in [2.05, 4.69) is 24.5 Å². The summed E-state index contributed by atoms with van der Waals surface area (Å²) in [4.78, 5) is 4.71. The molecule has 1 aromatic carbocycles. The summed E-state index contributed by atoms with van der Waals surface area (Å²) >= 11 is 1.66. The maximum Gasteiger partial charge on any atom is 0.162 e. The van der Waals surface area contributed by atoms with E-state index >= 15 is 0 Å². The molecule has 1 N–H and O–H groups in total. The standard InChI is InChI=1S/C15H18N2O2S/c1-3-16-10(2)12-9-20-15(17-12)11-4-5-13-14(8-11)19-7-6-18-13/h4-5,8-10,16H,3,6-7H2,1-2H3. The van der Waals surface area contributed by atoms with Crippen LogP contribution < -0.4 is 14.8 Å². The molecule has 0 fully saturated rings. The van der Waals surface area contributed by atoms with Crippen molar-refractivity contribution in [3.05, 3.63) is 29.3 Å². The second-order valence-corrected chi connectivity index (χ2v) is 5.57. The van der Waals surface area contributed by atoms with Crippen molar-refractivity contribution in [2.24, 2.45) is 0 Å². The summed E-state index contributed by atoms with van der Waals surface area (Å²) in [5, 5.41) is 6.50. The van der Waals surface area contributed by atoms with Gasteiger partial charge in [0.1, 0.15) is 18.2 Å². The molecule has 0 spiro atoms. The minimum atomic E-state index is 0.280. The van der Waals surface area contributed by atoms with Crippen LogP contribution in [0.3, 0.4) is 0 Å². The van der Waals surface area contributed by atoms with E-state index in [1.165, 1.54) is 0 Å². The molecule has 0 aliphatic carbocycles.